The van der Waals surface area contributed by atoms with Crippen molar-refractivity contribution in [3.63, 3.8) is 0 Å². The van der Waals surface area contributed by atoms with Crippen molar-refractivity contribution in [3.05, 3.63) is 50.9 Å². The number of hydrogen-bond acceptors (Lipinski definition) is 9. The topological polar surface area (TPSA) is 154 Å². The van der Waals surface area contributed by atoms with Crippen LogP contribution in [0.4, 0.5) is 5.69 Å². The van der Waals surface area contributed by atoms with Crippen LogP contribution >= 0.6 is 11.8 Å². The van der Waals surface area contributed by atoms with Crippen molar-refractivity contribution in [3.8, 4) is 24.3 Å². The van der Waals surface area contributed by atoms with Gasteiger partial charge in [0.2, 0.25) is 5.41 Å². The highest BCUT2D eigenvalue weighted by atomic mass is 32.2. The average molecular weight is 403 g/mol. The van der Waals surface area contributed by atoms with Gasteiger partial charge < -0.3 is 4.90 Å². The van der Waals surface area contributed by atoms with Gasteiger partial charge in [0, 0.05) is 37.1 Å². The van der Waals surface area contributed by atoms with Crippen LogP contribution in [0.5, 0.6) is 0 Å². The molecule has 3 rings (SSSR count). The van der Waals surface area contributed by atoms with Crippen LogP contribution in [-0.2, 0) is 0 Å². The van der Waals surface area contributed by atoms with Crippen molar-refractivity contribution in [1.29, 1.82) is 21.0 Å². The molecular formula is C19H13N7O2S. The molecule has 142 valence electrons. The predicted molar refractivity (Wildman–Crippen MR) is 104 cm³/mol. The Hall–Kier alpha value is -3.86. The fourth-order valence-electron chi connectivity index (χ4n) is 3.57. The Bertz CT molecular complexity index is 1080. The number of rotatable bonds is 2. The monoisotopic (exact) mass is 403 g/mol. The number of fused-ring (bicyclic) bond motifs is 1. The van der Waals surface area contributed by atoms with Gasteiger partial charge in [0.15, 0.2) is 10.6 Å². The van der Waals surface area contributed by atoms with Gasteiger partial charge in [0.05, 0.1) is 29.2 Å². The Morgan fingerprint density at radius 2 is 1.62 bits per heavy atom. The number of nitro groups is 1. The van der Waals surface area contributed by atoms with Crippen LogP contribution in [0.1, 0.15) is 11.5 Å². The summed E-state index contributed by atoms with van der Waals surface area (Å²) >= 11 is 1.27. The summed E-state index contributed by atoms with van der Waals surface area (Å²) < 4.78 is 0. The summed E-state index contributed by atoms with van der Waals surface area (Å²) in [5.74, 6) is -0.937. The van der Waals surface area contributed by atoms with Crippen molar-refractivity contribution in [1.82, 2.24) is 4.90 Å². The maximum atomic E-state index is 11.0. The number of benzene rings is 1. The first-order valence-corrected chi connectivity index (χ1v) is 9.16. The van der Waals surface area contributed by atoms with Crippen molar-refractivity contribution < 1.29 is 4.92 Å². The Kier molecular flexibility index (Phi) is 4.76. The zero-order valence-corrected chi connectivity index (χ0v) is 16.2. The van der Waals surface area contributed by atoms with Crippen molar-refractivity contribution in [2.45, 2.75) is 12.0 Å². The molecule has 1 heterocycles. The van der Waals surface area contributed by atoms with Crippen LogP contribution in [0.3, 0.4) is 0 Å². The molecule has 0 radical (unpaired) electrons. The quantitative estimate of drug-likeness (QED) is 0.539. The number of thioether (sulfide) groups is 1. The van der Waals surface area contributed by atoms with E-state index in [1.807, 2.05) is 24.3 Å². The maximum absolute atomic E-state index is 11.0. The highest BCUT2D eigenvalue weighted by Crippen LogP contribution is 2.60. The predicted octanol–water partition coefficient (Wildman–Crippen LogP) is 2.68. The van der Waals surface area contributed by atoms with Gasteiger partial charge in [-0.3, -0.25) is 15.1 Å². The summed E-state index contributed by atoms with van der Waals surface area (Å²) in [5.41, 5.74) is -3.81. The first-order valence-electron chi connectivity index (χ1n) is 8.34. The molecule has 0 bridgehead atoms. The lowest BCUT2D eigenvalue weighted by atomic mass is 9.53. The molecule has 0 saturated carbocycles. The largest absolute Gasteiger partial charge is 0.357 e. The van der Waals surface area contributed by atoms with Crippen molar-refractivity contribution >= 4 is 22.6 Å². The molecule has 0 N–H and O–H groups in total. The number of nitrogens with zero attached hydrogens (tertiary/aromatic N) is 7. The number of nitro benzene ring substituents is 1. The van der Waals surface area contributed by atoms with E-state index in [9.17, 15) is 31.2 Å². The molecule has 2 aliphatic rings. The van der Waals surface area contributed by atoms with E-state index in [1.54, 1.807) is 25.1 Å². The van der Waals surface area contributed by atoms with Crippen LogP contribution in [0.2, 0.25) is 0 Å². The van der Waals surface area contributed by atoms with Crippen LogP contribution in [0, 0.1) is 66.3 Å². The second-order valence-corrected chi connectivity index (χ2v) is 7.81. The summed E-state index contributed by atoms with van der Waals surface area (Å²) in [7, 11) is 3.53. The molecular weight excluding hydrogens is 390 g/mol. The molecule has 0 spiro atoms. The molecule has 0 amide bonds. The molecule has 1 aromatic carbocycles. The summed E-state index contributed by atoms with van der Waals surface area (Å²) in [6.45, 7) is 0. The molecule has 9 nitrogen and oxygen atoms in total. The smallest absolute Gasteiger partial charge is 0.269 e. The number of amidine groups is 1. The minimum atomic E-state index is -2.05. The Balaban J connectivity index is 2.29. The van der Waals surface area contributed by atoms with E-state index in [1.165, 1.54) is 36.0 Å². The molecule has 29 heavy (non-hydrogen) atoms. The third kappa shape index (κ3) is 2.63. The van der Waals surface area contributed by atoms with E-state index in [4.69, 9.17) is 0 Å². The van der Waals surface area contributed by atoms with E-state index in [0.29, 0.717) is 15.6 Å². The molecule has 1 aromatic rings. The molecule has 1 aliphatic carbocycles. The van der Waals surface area contributed by atoms with Crippen molar-refractivity contribution in [2.24, 2.45) is 15.8 Å². The third-order valence-corrected chi connectivity index (χ3v) is 6.35. The summed E-state index contributed by atoms with van der Waals surface area (Å²) in [4.78, 5) is 17.2. The van der Waals surface area contributed by atoms with Gasteiger partial charge in [-0.25, -0.2) is 0 Å². The van der Waals surface area contributed by atoms with Crippen LogP contribution in [0.15, 0.2) is 40.2 Å². The van der Waals surface area contributed by atoms with Gasteiger partial charge in [0.25, 0.3) is 5.69 Å². The standard InChI is InChI=1S/C19H13N7O2S/c1-25(2)17-24-16-15(29-17)7-14(12-3-5-13(6-4-12)26(27)28)18(8-20,9-21)19(16,10-22)11-23/h3-7,14,16H,1-2H3/t14-,16-/m1/s1. The fraction of sp³-hybridized carbons (Fsp3) is 0.316. The van der Waals surface area contributed by atoms with E-state index in [0.717, 1.165) is 0 Å². The van der Waals surface area contributed by atoms with Gasteiger partial charge in [-0.1, -0.05) is 30.0 Å². The van der Waals surface area contributed by atoms with Gasteiger partial charge in [-0.05, 0) is 5.56 Å². The maximum Gasteiger partial charge on any atom is 0.269 e. The average Bonchev–Trinajstić information content (AvgIpc) is 3.17. The van der Waals surface area contributed by atoms with E-state index in [2.05, 4.69) is 4.99 Å². The van der Waals surface area contributed by atoms with Gasteiger partial charge >= 0.3 is 0 Å². The zero-order chi connectivity index (χ0) is 21.4. The highest BCUT2D eigenvalue weighted by molar-refractivity contribution is 8.17. The van der Waals surface area contributed by atoms with Gasteiger partial charge in [-0.2, -0.15) is 21.0 Å². The molecule has 1 aliphatic heterocycles. The Labute approximate surface area is 170 Å². The van der Waals surface area contributed by atoms with Crippen LogP contribution < -0.4 is 0 Å². The van der Waals surface area contributed by atoms with Gasteiger partial charge in [0.1, 0.15) is 6.04 Å². The second kappa shape index (κ2) is 6.95. The number of allylic oxidation sites excluding steroid dienone is 1. The third-order valence-electron chi connectivity index (χ3n) is 5.10. The van der Waals surface area contributed by atoms with Gasteiger partial charge in [-0.15, -0.1) is 0 Å². The first kappa shape index (κ1) is 19.9. The highest BCUT2D eigenvalue weighted by Gasteiger charge is 2.67. The first-order chi connectivity index (χ1) is 13.8. The lowest BCUT2D eigenvalue weighted by molar-refractivity contribution is -0.384. The summed E-state index contributed by atoms with van der Waals surface area (Å²) in [6, 6.07) is 12.2. The molecule has 2 atom stereocenters. The molecule has 0 aromatic heterocycles. The summed E-state index contributed by atoms with van der Waals surface area (Å²) in [6.07, 6.45) is 1.68. The SMILES string of the molecule is CN(C)C1=N[C@@H]2C(=C[C@H](c3ccc([N+](=O)[O-])cc3)C(C#N)(C#N)C2(C#N)C#N)S1. The number of hydrogen-bond donors (Lipinski definition) is 0. The fourth-order valence-corrected chi connectivity index (χ4v) is 4.66. The normalized spacial score (nSPS) is 23.1. The minimum Gasteiger partial charge on any atom is -0.357 e. The lowest BCUT2D eigenvalue weighted by Crippen LogP contribution is -2.51. The minimum absolute atomic E-state index is 0.144. The number of non-ortho nitro benzene ring substituents is 1. The molecule has 0 saturated heterocycles. The van der Waals surface area contributed by atoms with Crippen LogP contribution in [-0.4, -0.2) is 35.1 Å². The molecule has 10 heteroatoms. The second-order valence-electron chi connectivity index (χ2n) is 6.77. The number of aliphatic imine (C=N–C) groups is 1. The van der Waals surface area contributed by atoms with Crippen LogP contribution in [0.25, 0.3) is 0 Å². The summed E-state index contributed by atoms with van der Waals surface area (Å²) in [5, 5.41) is 51.6. The lowest BCUT2D eigenvalue weighted by Gasteiger charge is -2.42. The van der Waals surface area contributed by atoms with E-state index in [-0.39, 0.29) is 5.69 Å². The van der Waals surface area contributed by atoms with Crippen molar-refractivity contribution in [2.75, 3.05) is 14.1 Å². The molecule has 0 unspecified atom stereocenters. The van der Waals surface area contributed by atoms with E-state index < -0.39 is 27.7 Å². The Morgan fingerprint density at radius 1 is 1.07 bits per heavy atom. The molecule has 0 fully saturated rings. The Morgan fingerprint density at radius 3 is 2.07 bits per heavy atom. The van der Waals surface area contributed by atoms with E-state index >= 15 is 0 Å². The zero-order valence-electron chi connectivity index (χ0n) is 15.4. The number of nitriles is 4.